The van der Waals surface area contributed by atoms with E-state index < -0.39 is 6.36 Å². The van der Waals surface area contributed by atoms with Crippen LogP contribution < -0.4 is 4.74 Å². The van der Waals surface area contributed by atoms with Crippen LogP contribution in [-0.2, 0) is 0 Å². The van der Waals surface area contributed by atoms with Gasteiger partial charge in [-0.3, -0.25) is 0 Å². The highest BCUT2D eigenvalue weighted by molar-refractivity contribution is 7.80. The smallest absolute Gasteiger partial charge is 0.406 e. The van der Waals surface area contributed by atoms with Crippen molar-refractivity contribution in [3.05, 3.63) is 47.5 Å². The van der Waals surface area contributed by atoms with Gasteiger partial charge in [0.2, 0.25) is 0 Å². The first kappa shape index (κ1) is 14.1. The number of benzene rings is 2. The minimum Gasteiger partial charge on any atom is -0.406 e. The summed E-state index contributed by atoms with van der Waals surface area (Å²) in [4.78, 5) is 0.668. The minimum atomic E-state index is -4.71. The SMILES string of the molecule is FC(F)(F)Oc1cccc(-c2cc(S)ccc2Cl)c1. The van der Waals surface area contributed by atoms with Crippen molar-refractivity contribution in [1.82, 2.24) is 0 Å². The van der Waals surface area contributed by atoms with Gasteiger partial charge in [-0.1, -0.05) is 23.7 Å². The van der Waals surface area contributed by atoms with Crippen molar-refractivity contribution in [1.29, 1.82) is 0 Å². The molecule has 2 aromatic carbocycles. The molecular weight excluding hydrogens is 297 g/mol. The summed E-state index contributed by atoms with van der Waals surface area (Å²) in [6.07, 6.45) is -4.71. The first-order valence-electron chi connectivity index (χ1n) is 5.20. The summed E-state index contributed by atoms with van der Waals surface area (Å²) in [5.41, 5.74) is 1.13. The van der Waals surface area contributed by atoms with E-state index >= 15 is 0 Å². The van der Waals surface area contributed by atoms with Crippen LogP contribution in [-0.4, -0.2) is 6.36 Å². The molecule has 0 saturated carbocycles. The highest BCUT2D eigenvalue weighted by Crippen LogP contribution is 2.33. The van der Waals surface area contributed by atoms with Crippen molar-refractivity contribution >= 4 is 24.2 Å². The number of rotatable bonds is 2. The van der Waals surface area contributed by atoms with E-state index in [4.69, 9.17) is 11.6 Å². The number of ether oxygens (including phenoxy) is 1. The van der Waals surface area contributed by atoms with Gasteiger partial charge in [-0.2, -0.15) is 0 Å². The first-order valence-corrected chi connectivity index (χ1v) is 6.02. The summed E-state index contributed by atoms with van der Waals surface area (Å²) in [6, 6.07) is 10.6. The normalized spacial score (nSPS) is 11.4. The second kappa shape index (κ2) is 5.35. The molecule has 0 fully saturated rings. The van der Waals surface area contributed by atoms with E-state index in [1.54, 1.807) is 24.3 Å². The van der Waals surface area contributed by atoms with Crippen LogP contribution in [0, 0.1) is 0 Å². The van der Waals surface area contributed by atoms with E-state index in [0.29, 0.717) is 21.0 Å². The fraction of sp³-hybridized carbons (Fsp3) is 0.0769. The molecule has 0 aliphatic rings. The van der Waals surface area contributed by atoms with Gasteiger partial charge in [-0.25, -0.2) is 0 Å². The van der Waals surface area contributed by atoms with Gasteiger partial charge in [-0.05, 0) is 35.9 Å². The van der Waals surface area contributed by atoms with Crippen molar-refractivity contribution in [3.63, 3.8) is 0 Å². The van der Waals surface area contributed by atoms with E-state index in [0.717, 1.165) is 0 Å². The molecular formula is C13H8ClF3OS. The van der Waals surface area contributed by atoms with E-state index in [1.807, 2.05) is 0 Å². The lowest BCUT2D eigenvalue weighted by Crippen LogP contribution is -2.17. The predicted octanol–water partition coefficient (Wildman–Crippen LogP) is 5.19. The molecule has 0 aromatic heterocycles. The molecule has 2 aromatic rings. The van der Waals surface area contributed by atoms with Crippen LogP contribution in [0.4, 0.5) is 13.2 Å². The van der Waals surface area contributed by atoms with Crippen molar-refractivity contribution in [2.45, 2.75) is 11.3 Å². The number of hydrogen-bond acceptors (Lipinski definition) is 2. The standard InChI is InChI=1S/C13H8ClF3OS/c14-12-5-4-10(19)7-11(12)8-2-1-3-9(6-8)18-13(15,16)17/h1-7,19H. The van der Waals surface area contributed by atoms with E-state index in [-0.39, 0.29) is 5.75 Å². The lowest BCUT2D eigenvalue weighted by molar-refractivity contribution is -0.274. The van der Waals surface area contributed by atoms with Crippen molar-refractivity contribution in [3.8, 4) is 16.9 Å². The van der Waals surface area contributed by atoms with Crippen molar-refractivity contribution < 1.29 is 17.9 Å². The van der Waals surface area contributed by atoms with Crippen LogP contribution in [0.3, 0.4) is 0 Å². The van der Waals surface area contributed by atoms with Crippen LogP contribution >= 0.6 is 24.2 Å². The molecule has 100 valence electrons. The van der Waals surface area contributed by atoms with E-state index in [1.165, 1.54) is 18.2 Å². The topological polar surface area (TPSA) is 9.23 Å². The molecule has 0 bridgehead atoms. The highest BCUT2D eigenvalue weighted by Gasteiger charge is 2.31. The summed E-state index contributed by atoms with van der Waals surface area (Å²) < 4.78 is 40.3. The first-order chi connectivity index (χ1) is 8.85. The number of alkyl halides is 3. The Bertz CT molecular complexity index is 599. The Morgan fingerprint density at radius 1 is 1.05 bits per heavy atom. The Kier molecular flexibility index (Phi) is 3.96. The average molecular weight is 305 g/mol. The lowest BCUT2D eigenvalue weighted by Gasteiger charge is -2.11. The van der Waals surface area contributed by atoms with E-state index in [9.17, 15) is 13.2 Å². The molecule has 1 nitrogen and oxygen atoms in total. The third-order valence-electron chi connectivity index (χ3n) is 2.33. The van der Waals surface area contributed by atoms with Crippen LogP contribution in [0.5, 0.6) is 5.75 Å². The zero-order valence-electron chi connectivity index (χ0n) is 9.41. The minimum absolute atomic E-state index is 0.286. The molecule has 0 saturated heterocycles. The fourth-order valence-corrected chi connectivity index (χ4v) is 2.03. The summed E-state index contributed by atoms with van der Waals surface area (Å²) in [5, 5.41) is 0.432. The second-order valence-electron chi connectivity index (χ2n) is 3.74. The molecule has 19 heavy (non-hydrogen) atoms. The molecule has 0 amide bonds. The average Bonchev–Trinajstić information content (AvgIpc) is 2.30. The number of hydrogen-bond donors (Lipinski definition) is 1. The van der Waals surface area contributed by atoms with Gasteiger partial charge in [-0.15, -0.1) is 25.8 Å². The van der Waals surface area contributed by atoms with Crippen LogP contribution in [0.1, 0.15) is 0 Å². The van der Waals surface area contributed by atoms with Gasteiger partial charge in [0, 0.05) is 15.5 Å². The molecule has 0 unspecified atom stereocenters. The Balaban J connectivity index is 2.40. The summed E-state index contributed by atoms with van der Waals surface area (Å²) in [6.45, 7) is 0. The maximum Gasteiger partial charge on any atom is 0.573 e. The Labute approximate surface area is 118 Å². The fourth-order valence-electron chi connectivity index (χ4n) is 1.60. The quantitative estimate of drug-likeness (QED) is 0.751. The molecule has 0 heterocycles. The molecule has 0 radical (unpaired) electrons. The zero-order valence-corrected chi connectivity index (χ0v) is 11.1. The maximum atomic E-state index is 12.2. The number of halogens is 4. The Morgan fingerprint density at radius 3 is 2.47 bits per heavy atom. The Morgan fingerprint density at radius 2 is 1.79 bits per heavy atom. The molecule has 0 atom stereocenters. The van der Waals surface area contributed by atoms with Gasteiger partial charge < -0.3 is 4.74 Å². The molecule has 0 aliphatic carbocycles. The summed E-state index contributed by atoms with van der Waals surface area (Å²) in [5.74, 6) is -0.286. The zero-order chi connectivity index (χ0) is 14.0. The van der Waals surface area contributed by atoms with Crippen LogP contribution in [0.15, 0.2) is 47.4 Å². The third-order valence-corrected chi connectivity index (χ3v) is 2.94. The van der Waals surface area contributed by atoms with Crippen molar-refractivity contribution in [2.24, 2.45) is 0 Å². The van der Waals surface area contributed by atoms with Gasteiger partial charge in [0.1, 0.15) is 5.75 Å². The largest absolute Gasteiger partial charge is 0.573 e. The maximum absolute atomic E-state index is 12.2. The summed E-state index contributed by atoms with van der Waals surface area (Å²) >= 11 is 10.2. The van der Waals surface area contributed by atoms with E-state index in [2.05, 4.69) is 17.4 Å². The summed E-state index contributed by atoms with van der Waals surface area (Å²) in [7, 11) is 0. The molecule has 0 spiro atoms. The van der Waals surface area contributed by atoms with Gasteiger partial charge >= 0.3 is 6.36 Å². The molecule has 2 rings (SSSR count). The lowest BCUT2D eigenvalue weighted by atomic mass is 10.1. The predicted molar refractivity (Wildman–Crippen MR) is 70.8 cm³/mol. The van der Waals surface area contributed by atoms with Gasteiger partial charge in [0.25, 0.3) is 0 Å². The highest BCUT2D eigenvalue weighted by atomic mass is 35.5. The molecule has 0 aliphatic heterocycles. The van der Waals surface area contributed by atoms with Gasteiger partial charge in [0.15, 0.2) is 0 Å². The van der Waals surface area contributed by atoms with Gasteiger partial charge in [0.05, 0.1) is 0 Å². The second-order valence-corrected chi connectivity index (χ2v) is 4.66. The number of thiol groups is 1. The van der Waals surface area contributed by atoms with Crippen molar-refractivity contribution in [2.75, 3.05) is 0 Å². The molecule has 0 N–H and O–H groups in total. The van der Waals surface area contributed by atoms with Crippen LogP contribution in [0.2, 0.25) is 5.02 Å². The Hall–Kier alpha value is -1.33. The molecule has 6 heteroatoms. The monoisotopic (exact) mass is 304 g/mol. The van der Waals surface area contributed by atoms with Crippen LogP contribution in [0.25, 0.3) is 11.1 Å². The third kappa shape index (κ3) is 3.81.